The number of carbonyl (C=O) groups excluding carboxylic acids is 2. The zero-order valence-corrected chi connectivity index (χ0v) is 14.4. The van der Waals surface area contributed by atoms with Crippen molar-refractivity contribution in [2.75, 3.05) is 6.61 Å². The van der Waals surface area contributed by atoms with E-state index >= 15 is 0 Å². The van der Waals surface area contributed by atoms with Crippen molar-refractivity contribution in [3.63, 3.8) is 0 Å². The fourth-order valence-corrected chi connectivity index (χ4v) is 2.47. The van der Waals surface area contributed by atoms with Crippen LogP contribution in [0.4, 0.5) is 0 Å². The van der Waals surface area contributed by atoms with Crippen molar-refractivity contribution in [1.29, 1.82) is 0 Å². The molecule has 1 N–H and O–H groups in total. The summed E-state index contributed by atoms with van der Waals surface area (Å²) in [5, 5.41) is 2.72. The van der Waals surface area contributed by atoms with Crippen LogP contribution in [0, 0.1) is 0 Å². The van der Waals surface area contributed by atoms with E-state index in [4.69, 9.17) is 4.74 Å². The summed E-state index contributed by atoms with van der Waals surface area (Å²) in [5.41, 5.74) is 1.00. The molecule has 2 rings (SSSR count). The first-order valence-electron chi connectivity index (χ1n) is 7.26. The number of hydrogen-bond acceptors (Lipinski definition) is 3. The van der Waals surface area contributed by atoms with Crippen LogP contribution < -0.4 is 10.1 Å². The number of ether oxygens (including phenoxy) is 1. The Kier molecular flexibility index (Phi) is 6.35. The number of hydrogen-bond donors (Lipinski definition) is 1. The van der Waals surface area contributed by atoms with Gasteiger partial charge in [-0.3, -0.25) is 9.59 Å². The average Bonchev–Trinajstić information content (AvgIpc) is 2.53. The van der Waals surface area contributed by atoms with Crippen LogP contribution in [0.2, 0.25) is 0 Å². The molecule has 0 aliphatic heterocycles. The van der Waals surface area contributed by atoms with Crippen LogP contribution in [0.15, 0.2) is 59.1 Å². The fourth-order valence-electron chi connectivity index (χ4n) is 2.09. The lowest BCUT2D eigenvalue weighted by Gasteiger charge is -2.16. The fraction of sp³-hybridized carbons (Fsp3) is 0.222. The lowest BCUT2D eigenvalue weighted by atomic mass is 10.0. The third-order valence-electron chi connectivity index (χ3n) is 3.27. The summed E-state index contributed by atoms with van der Waals surface area (Å²) < 4.78 is 6.30. The lowest BCUT2D eigenvalue weighted by molar-refractivity contribution is -0.128. The third kappa shape index (κ3) is 5.87. The second-order valence-corrected chi connectivity index (χ2v) is 6.08. The van der Waals surface area contributed by atoms with Gasteiger partial charge in [0, 0.05) is 4.47 Å². The quantitative estimate of drug-likeness (QED) is 0.808. The largest absolute Gasteiger partial charge is 0.484 e. The minimum absolute atomic E-state index is 0.0790. The molecule has 0 unspecified atom stereocenters. The number of benzene rings is 2. The van der Waals surface area contributed by atoms with Crippen molar-refractivity contribution >= 4 is 27.6 Å². The summed E-state index contributed by atoms with van der Waals surface area (Å²) in [7, 11) is 0. The molecule has 0 radical (unpaired) electrons. The topological polar surface area (TPSA) is 55.4 Å². The van der Waals surface area contributed by atoms with Crippen LogP contribution in [0.25, 0.3) is 0 Å². The summed E-state index contributed by atoms with van der Waals surface area (Å²) in [6, 6.07) is 16.3. The normalized spacial score (nSPS) is 11.6. The molecule has 0 heterocycles. The maximum atomic E-state index is 12.0. The van der Waals surface area contributed by atoms with Gasteiger partial charge in [0.1, 0.15) is 5.75 Å². The van der Waals surface area contributed by atoms with Crippen molar-refractivity contribution < 1.29 is 14.3 Å². The van der Waals surface area contributed by atoms with Gasteiger partial charge < -0.3 is 10.1 Å². The smallest absolute Gasteiger partial charge is 0.258 e. The van der Waals surface area contributed by atoms with Gasteiger partial charge in [-0.15, -0.1) is 0 Å². The monoisotopic (exact) mass is 375 g/mol. The van der Waals surface area contributed by atoms with Crippen molar-refractivity contribution in [3.05, 3.63) is 64.6 Å². The van der Waals surface area contributed by atoms with Crippen molar-refractivity contribution in [3.8, 4) is 5.75 Å². The molecule has 1 amide bonds. The van der Waals surface area contributed by atoms with Crippen LogP contribution in [0.5, 0.6) is 5.75 Å². The second kappa shape index (κ2) is 8.48. The maximum absolute atomic E-state index is 12.0. The Morgan fingerprint density at radius 2 is 1.87 bits per heavy atom. The van der Waals surface area contributed by atoms with Gasteiger partial charge in [0.2, 0.25) is 0 Å². The first-order valence-corrected chi connectivity index (χ1v) is 8.06. The van der Waals surface area contributed by atoms with E-state index in [9.17, 15) is 9.59 Å². The zero-order chi connectivity index (χ0) is 16.7. The van der Waals surface area contributed by atoms with Gasteiger partial charge in [0.05, 0.1) is 6.04 Å². The molecule has 0 aromatic heterocycles. The van der Waals surface area contributed by atoms with E-state index in [1.807, 2.05) is 42.5 Å². The molecule has 1 atom stereocenters. The van der Waals surface area contributed by atoms with Crippen LogP contribution in [0.3, 0.4) is 0 Å². The summed E-state index contributed by atoms with van der Waals surface area (Å²) >= 11 is 3.34. The Morgan fingerprint density at radius 1 is 1.13 bits per heavy atom. The Labute approximate surface area is 144 Å². The Morgan fingerprint density at radius 3 is 2.52 bits per heavy atom. The highest BCUT2D eigenvalue weighted by molar-refractivity contribution is 9.10. The van der Waals surface area contributed by atoms with E-state index in [1.165, 1.54) is 6.92 Å². The lowest BCUT2D eigenvalue weighted by Crippen LogP contribution is -2.43. The van der Waals surface area contributed by atoms with E-state index in [0.29, 0.717) is 12.2 Å². The second-order valence-electron chi connectivity index (χ2n) is 5.17. The number of rotatable bonds is 7. The number of carbonyl (C=O) groups is 2. The molecule has 0 bridgehead atoms. The Bertz CT molecular complexity index is 673. The molecule has 2 aromatic rings. The molecule has 0 fully saturated rings. The van der Waals surface area contributed by atoms with Crippen LogP contribution in [0.1, 0.15) is 12.5 Å². The molecular formula is C18H18BrNO3. The minimum atomic E-state index is -0.545. The summed E-state index contributed by atoms with van der Waals surface area (Å²) in [4.78, 5) is 23.7. The molecule has 23 heavy (non-hydrogen) atoms. The van der Waals surface area contributed by atoms with Gasteiger partial charge in [0.15, 0.2) is 12.4 Å². The molecular weight excluding hydrogens is 358 g/mol. The highest BCUT2D eigenvalue weighted by atomic mass is 79.9. The molecule has 5 heteroatoms. The van der Waals surface area contributed by atoms with E-state index < -0.39 is 6.04 Å². The Hall–Kier alpha value is -2.14. The number of amides is 1. The summed E-state index contributed by atoms with van der Waals surface area (Å²) in [6.07, 6.45) is 0.471. The van der Waals surface area contributed by atoms with Crippen LogP contribution in [-0.2, 0) is 16.0 Å². The SMILES string of the molecule is CC(=O)[C@H](Cc1ccccc1)NC(=O)COc1cccc(Br)c1. The van der Waals surface area contributed by atoms with Crippen molar-refractivity contribution in [2.24, 2.45) is 0 Å². The van der Waals surface area contributed by atoms with E-state index in [2.05, 4.69) is 21.2 Å². The van der Waals surface area contributed by atoms with Crippen LogP contribution in [-0.4, -0.2) is 24.3 Å². The van der Waals surface area contributed by atoms with Crippen molar-refractivity contribution in [1.82, 2.24) is 5.32 Å². The summed E-state index contributed by atoms with van der Waals surface area (Å²) in [5.74, 6) is 0.197. The van der Waals surface area contributed by atoms with E-state index in [0.717, 1.165) is 10.0 Å². The zero-order valence-electron chi connectivity index (χ0n) is 12.8. The van der Waals surface area contributed by atoms with E-state index in [-0.39, 0.29) is 18.3 Å². The first-order chi connectivity index (χ1) is 11.0. The molecule has 0 spiro atoms. The molecule has 120 valence electrons. The molecule has 0 saturated carbocycles. The van der Waals surface area contributed by atoms with Gasteiger partial charge in [-0.2, -0.15) is 0 Å². The highest BCUT2D eigenvalue weighted by Gasteiger charge is 2.17. The standard InChI is InChI=1S/C18H18BrNO3/c1-13(21)17(10-14-6-3-2-4-7-14)20-18(22)12-23-16-9-5-8-15(19)11-16/h2-9,11,17H,10,12H2,1H3,(H,20,22)/t17-/m0/s1. The van der Waals surface area contributed by atoms with Gasteiger partial charge in [-0.25, -0.2) is 0 Å². The number of Topliss-reactive ketones (excluding diaryl/α,β-unsaturated/α-hetero) is 1. The van der Waals surface area contributed by atoms with Gasteiger partial charge in [-0.1, -0.05) is 52.3 Å². The number of nitrogens with one attached hydrogen (secondary N) is 1. The average molecular weight is 376 g/mol. The van der Waals surface area contributed by atoms with Gasteiger partial charge >= 0.3 is 0 Å². The van der Waals surface area contributed by atoms with Gasteiger partial charge in [0.25, 0.3) is 5.91 Å². The van der Waals surface area contributed by atoms with Crippen LogP contribution >= 0.6 is 15.9 Å². The predicted octanol–water partition coefficient (Wildman–Crippen LogP) is 3.14. The third-order valence-corrected chi connectivity index (χ3v) is 3.77. The van der Waals surface area contributed by atoms with Gasteiger partial charge in [-0.05, 0) is 37.1 Å². The number of halogens is 1. The first kappa shape index (κ1) is 17.2. The Balaban J connectivity index is 1.89. The molecule has 4 nitrogen and oxygen atoms in total. The molecule has 0 aliphatic carbocycles. The molecule has 0 aliphatic rings. The van der Waals surface area contributed by atoms with E-state index in [1.54, 1.807) is 12.1 Å². The molecule has 0 saturated heterocycles. The van der Waals surface area contributed by atoms with Crippen molar-refractivity contribution in [2.45, 2.75) is 19.4 Å². The highest BCUT2D eigenvalue weighted by Crippen LogP contribution is 2.17. The minimum Gasteiger partial charge on any atom is -0.484 e. The number of ketones is 1. The summed E-state index contributed by atoms with van der Waals surface area (Å²) in [6.45, 7) is 1.35. The predicted molar refractivity (Wildman–Crippen MR) is 92.4 cm³/mol. The molecule has 2 aromatic carbocycles. The maximum Gasteiger partial charge on any atom is 0.258 e.